The summed E-state index contributed by atoms with van der Waals surface area (Å²) in [4.78, 5) is 31.4. The van der Waals surface area contributed by atoms with E-state index < -0.39 is 0 Å². The van der Waals surface area contributed by atoms with E-state index in [1.807, 2.05) is 61.7 Å². The zero-order valence-corrected chi connectivity index (χ0v) is 20.3. The van der Waals surface area contributed by atoms with Crippen LogP contribution in [0.5, 0.6) is 11.5 Å². The van der Waals surface area contributed by atoms with E-state index in [9.17, 15) is 9.59 Å². The molecule has 2 amide bonds. The molecular formula is C26H30N2O4S. The third kappa shape index (κ3) is 6.35. The lowest BCUT2D eigenvalue weighted by atomic mass is 10.1. The Kier molecular flexibility index (Phi) is 8.49. The zero-order valence-electron chi connectivity index (χ0n) is 19.5. The van der Waals surface area contributed by atoms with E-state index in [1.165, 1.54) is 7.11 Å². The topological polar surface area (TPSA) is 59.1 Å². The molecule has 1 heterocycles. The van der Waals surface area contributed by atoms with Crippen molar-refractivity contribution >= 4 is 23.2 Å². The molecule has 0 saturated carbocycles. The maximum atomic E-state index is 13.5. The highest BCUT2D eigenvalue weighted by Gasteiger charge is 2.27. The van der Waals surface area contributed by atoms with Gasteiger partial charge in [0.15, 0.2) is 0 Å². The van der Waals surface area contributed by atoms with Gasteiger partial charge in [-0.2, -0.15) is 0 Å². The fourth-order valence-electron chi connectivity index (χ4n) is 3.49. The van der Waals surface area contributed by atoms with Crippen molar-refractivity contribution in [2.75, 3.05) is 20.8 Å². The van der Waals surface area contributed by atoms with Gasteiger partial charge in [-0.15, -0.1) is 11.3 Å². The van der Waals surface area contributed by atoms with E-state index in [2.05, 4.69) is 0 Å². The molecule has 0 fully saturated rings. The van der Waals surface area contributed by atoms with Crippen LogP contribution in [0.2, 0.25) is 0 Å². The first-order valence-corrected chi connectivity index (χ1v) is 11.7. The molecule has 33 heavy (non-hydrogen) atoms. The van der Waals surface area contributed by atoms with Gasteiger partial charge in [-0.1, -0.05) is 36.4 Å². The quantitative estimate of drug-likeness (QED) is 0.429. The highest BCUT2D eigenvalue weighted by Crippen LogP contribution is 2.26. The van der Waals surface area contributed by atoms with Crippen molar-refractivity contribution in [1.29, 1.82) is 0 Å². The van der Waals surface area contributed by atoms with E-state index in [0.29, 0.717) is 30.2 Å². The van der Waals surface area contributed by atoms with Gasteiger partial charge in [-0.05, 0) is 43.0 Å². The monoisotopic (exact) mass is 466 g/mol. The average molecular weight is 467 g/mol. The lowest BCUT2D eigenvalue weighted by molar-refractivity contribution is -0.133. The van der Waals surface area contributed by atoms with Crippen LogP contribution in [0.4, 0.5) is 0 Å². The molecular weight excluding hydrogens is 436 g/mol. The Hall–Kier alpha value is -3.32. The Morgan fingerprint density at radius 3 is 2.30 bits per heavy atom. The lowest BCUT2D eigenvalue weighted by Gasteiger charge is -2.30. The molecule has 1 aromatic heterocycles. The average Bonchev–Trinajstić information content (AvgIpc) is 3.34. The first-order chi connectivity index (χ1) is 15.9. The van der Waals surface area contributed by atoms with Gasteiger partial charge in [0.05, 0.1) is 26.3 Å². The number of benzene rings is 2. The second kappa shape index (κ2) is 11.5. The van der Waals surface area contributed by atoms with Crippen LogP contribution in [-0.2, 0) is 17.9 Å². The van der Waals surface area contributed by atoms with E-state index in [4.69, 9.17) is 9.47 Å². The van der Waals surface area contributed by atoms with E-state index in [-0.39, 0.29) is 24.4 Å². The molecule has 0 aliphatic rings. The van der Waals surface area contributed by atoms with Crippen molar-refractivity contribution in [2.45, 2.75) is 33.0 Å². The van der Waals surface area contributed by atoms with Gasteiger partial charge in [0.1, 0.15) is 18.0 Å². The molecule has 174 valence electrons. The van der Waals surface area contributed by atoms with E-state index in [1.54, 1.807) is 46.4 Å². The van der Waals surface area contributed by atoms with Crippen molar-refractivity contribution in [3.8, 4) is 11.5 Å². The van der Waals surface area contributed by atoms with Crippen LogP contribution in [0.25, 0.3) is 0 Å². The second-order valence-electron chi connectivity index (χ2n) is 7.91. The van der Waals surface area contributed by atoms with Crippen molar-refractivity contribution < 1.29 is 19.1 Å². The number of carbonyl (C=O) groups excluding carboxylic acids is 2. The number of carbonyl (C=O) groups is 2. The third-order valence-corrected chi connectivity index (χ3v) is 6.19. The summed E-state index contributed by atoms with van der Waals surface area (Å²) in [7, 11) is 3.07. The van der Waals surface area contributed by atoms with Crippen molar-refractivity contribution in [1.82, 2.24) is 9.80 Å². The van der Waals surface area contributed by atoms with Crippen LogP contribution < -0.4 is 9.47 Å². The Morgan fingerprint density at radius 1 is 0.939 bits per heavy atom. The van der Waals surface area contributed by atoms with Gasteiger partial charge < -0.3 is 19.3 Å². The highest BCUT2D eigenvalue weighted by molar-refractivity contribution is 7.09. The Morgan fingerprint density at radius 2 is 1.70 bits per heavy atom. The molecule has 6 nitrogen and oxygen atoms in total. The Balaban J connectivity index is 1.83. The van der Waals surface area contributed by atoms with Gasteiger partial charge in [-0.3, -0.25) is 9.59 Å². The Labute approximate surface area is 199 Å². The fraction of sp³-hybridized carbons (Fsp3) is 0.308. The first kappa shape index (κ1) is 24.3. The molecule has 0 aliphatic heterocycles. The van der Waals surface area contributed by atoms with E-state index in [0.717, 1.165) is 10.4 Å². The van der Waals surface area contributed by atoms with E-state index >= 15 is 0 Å². The van der Waals surface area contributed by atoms with Crippen molar-refractivity contribution in [2.24, 2.45) is 0 Å². The molecule has 3 aromatic rings. The highest BCUT2D eigenvalue weighted by atomic mass is 32.1. The molecule has 0 aliphatic carbocycles. The molecule has 0 saturated heterocycles. The Bertz CT molecular complexity index is 1050. The van der Waals surface area contributed by atoms with Gasteiger partial charge in [0.25, 0.3) is 5.91 Å². The van der Waals surface area contributed by atoms with Crippen molar-refractivity contribution in [3.05, 3.63) is 82.0 Å². The number of rotatable bonds is 10. The van der Waals surface area contributed by atoms with Crippen LogP contribution in [0.1, 0.15) is 34.6 Å². The van der Waals surface area contributed by atoms with Crippen LogP contribution in [0.15, 0.2) is 66.0 Å². The fourth-order valence-corrected chi connectivity index (χ4v) is 4.21. The van der Waals surface area contributed by atoms with Gasteiger partial charge >= 0.3 is 0 Å². The summed E-state index contributed by atoms with van der Waals surface area (Å²) in [5.74, 6) is 0.646. The summed E-state index contributed by atoms with van der Waals surface area (Å²) in [6, 6.07) is 18.8. The molecule has 0 spiro atoms. The van der Waals surface area contributed by atoms with Gasteiger partial charge in [-0.25, -0.2) is 0 Å². The second-order valence-corrected chi connectivity index (χ2v) is 8.94. The summed E-state index contributed by atoms with van der Waals surface area (Å²) < 4.78 is 10.7. The molecule has 2 aromatic carbocycles. The molecule has 0 radical (unpaired) electrons. The first-order valence-electron chi connectivity index (χ1n) is 10.8. The van der Waals surface area contributed by atoms with Gasteiger partial charge in [0, 0.05) is 23.5 Å². The smallest absolute Gasteiger partial charge is 0.258 e. The molecule has 0 atom stereocenters. The van der Waals surface area contributed by atoms with Crippen LogP contribution in [0, 0.1) is 0 Å². The van der Waals surface area contributed by atoms with Gasteiger partial charge in [0.2, 0.25) is 5.91 Å². The molecule has 0 N–H and O–H groups in total. The van der Waals surface area contributed by atoms with Crippen molar-refractivity contribution in [3.63, 3.8) is 0 Å². The number of nitrogens with zero attached hydrogens (tertiary/aromatic N) is 2. The predicted octanol–water partition coefficient (Wildman–Crippen LogP) is 4.84. The minimum atomic E-state index is -0.256. The number of amides is 2. The number of methoxy groups -OCH3 is 2. The summed E-state index contributed by atoms with van der Waals surface area (Å²) in [5.41, 5.74) is 1.44. The molecule has 0 bridgehead atoms. The summed E-state index contributed by atoms with van der Waals surface area (Å²) in [6.45, 7) is 4.76. The minimum absolute atomic E-state index is 0.0239. The summed E-state index contributed by atoms with van der Waals surface area (Å²) in [5, 5.41) is 2.00. The predicted molar refractivity (Wildman–Crippen MR) is 131 cm³/mol. The number of hydrogen-bond donors (Lipinski definition) is 0. The standard InChI is InChI=1S/C26H30N2O4S/c1-19(2)28(26(30)23-13-12-21(31-3)15-24(23)32-4)18-25(29)27(17-22-11-8-14-33-22)16-20-9-6-5-7-10-20/h5-15,19H,16-18H2,1-4H3. The largest absolute Gasteiger partial charge is 0.497 e. The maximum absolute atomic E-state index is 13.5. The minimum Gasteiger partial charge on any atom is -0.497 e. The lowest BCUT2D eigenvalue weighted by Crippen LogP contribution is -2.45. The molecule has 7 heteroatoms. The molecule has 3 rings (SSSR count). The number of thiophene rings is 1. The zero-order chi connectivity index (χ0) is 23.8. The van der Waals surface area contributed by atoms with Crippen LogP contribution in [-0.4, -0.2) is 48.4 Å². The molecule has 0 unspecified atom stereocenters. The third-order valence-electron chi connectivity index (χ3n) is 5.32. The summed E-state index contributed by atoms with van der Waals surface area (Å²) >= 11 is 1.61. The van der Waals surface area contributed by atoms with Crippen LogP contribution in [0.3, 0.4) is 0 Å². The number of hydrogen-bond acceptors (Lipinski definition) is 5. The number of ether oxygens (including phenoxy) is 2. The maximum Gasteiger partial charge on any atom is 0.258 e. The van der Waals surface area contributed by atoms with Crippen LogP contribution >= 0.6 is 11.3 Å². The summed E-state index contributed by atoms with van der Waals surface area (Å²) in [6.07, 6.45) is 0. The normalized spacial score (nSPS) is 10.7. The SMILES string of the molecule is COc1ccc(C(=O)N(CC(=O)N(Cc2ccccc2)Cc2cccs2)C(C)C)c(OC)c1.